The third-order valence-electron chi connectivity index (χ3n) is 27.2. The number of aromatic nitrogens is 5. The Labute approximate surface area is 777 Å². The third-order valence-corrected chi connectivity index (χ3v) is 29.4. The van der Waals surface area contributed by atoms with Gasteiger partial charge in [-0.25, -0.2) is 18.2 Å². The van der Waals surface area contributed by atoms with Crippen LogP contribution in [0.5, 0.6) is 23.1 Å². The quantitative estimate of drug-likeness (QED) is 0.0918. The first-order chi connectivity index (χ1) is 63.1. The largest absolute Gasteiger partial charge is 0.493 e. The van der Waals surface area contributed by atoms with Crippen LogP contribution in [0.3, 0.4) is 0 Å². The summed E-state index contributed by atoms with van der Waals surface area (Å²) in [6.07, 6.45) is -9.16. The van der Waals surface area contributed by atoms with Crippen LogP contribution in [-0.2, 0) is 81.2 Å². The summed E-state index contributed by atoms with van der Waals surface area (Å²) >= 11 is 6.35. The number of pyridine rings is 1. The summed E-state index contributed by atoms with van der Waals surface area (Å²) in [6.45, 7) is 23.4. The van der Waals surface area contributed by atoms with Crippen LogP contribution in [0.4, 0.5) is 53.1 Å². The lowest BCUT2D eigenvalue weighted by molar-refractivity contribution is -0.292. The van der Waals surface area contributed by atoms with Crippen molar-refractivity contribution in [2.45, 2.75) is 203 Å². The molecular formula is C95H114ClF11N14O12S. The number of carbonyl (C=O) groups excluding carboxylic acids is 5. The maximum atomic E-state index is 14.2. The fourth-order valence-electron chi connectivity index (χ4n) is 20.2. The van der Waals surface area contributed by atoms with E-state index in [1.165, 1.54) is 40.5 Å². The van der Waals surface area contributed by atoms with Gasteiger partial charge in [0.2, 0.25) is 5.88 Å². The molecule has 0 unspecified atom stereocenters. The van der Waals surface area contributed by atoms with Gasteiger partial charge in [0.1, 0.15) is 40.1 Å². The van der Waals surface area contributed by atoms with E-state index in [4.69, 9.17) is 35.3 Å². The molecule has 26 nitrogen and oxygen atoms in total. The van der Waals surface area contributed by atoms with Gasteiger partial charge in [-0.15, -0.1) is 0 Å². The monoisotopic (exact) mass is 1920 g/mol. The number of likely N-dealkylation sites (N-methyl/N-ethyl adjacent to an activating group) is 3. The zero-order chi connectivity index (χ0) is 97.5. The van der Waals surface area contributed by atoms with E-state index in [1.807, 2.05) is 78.2 Å². The number of benzene rings is 3. The maximum absolute atomic E-state index is 14.2. The predicted octanol–water partition coefficient (Wildman–Crippen LogP) is 16.9. The number of halogens is 12. The van der Waals surface area contributed by atoms with Crippen molar-refractivity contribution in [3.63, 3.8) is 0 Å². The Morgan fingerprint density at radius 1 is 0.500 bits per heavy atom. The van der Waals surface area contributed by atoms with Crippen molar-refractivity contribution in [1.82, 2.24) is 62.5 Å². The van der Waals surface area contributed by atoms with Crippen LogP contribution in [-0.4, -0.2) is 244 Å². The molecule has 0 radical (unpaired) electrons. The minimum absolute atomic E-state index is 0.0133. The molecule has 13 heterocycles. The molecule has 8 aliphatic rings. The topological polar surface area (TPSA) is 248 Å². The highest BCUT2D eigenvalue weighted by Gasteiger charge is 2.62. The first kappa shape index (κ1) is 101. The molecule has 0 saturated carbocycles. The molecule has 134 heavy (non-hydrogen) atoms. The molecular weight excluding hydrogens is 1810 g/mol. The summed E-state index contributed by atoms with van der Waals surface area (Å²) in [7, 11) is 3.85. The third kappa shape index (κ3) is 19.7. The molecule has 8 aromatic rings. The molecule has 8 aliphatic heterocycles. The van der Waals surface area contributed by atoms with Crippen LogP contribution in [0, 0.1) is 18.3 Å². The molecule has 0 atom stereocenters. The van der Waals surface area contributed by atoms with Crippen LogP contribution in [0.1, 0.15) is 199 Å². The lowest BCUT2D eigenvalue weighted by Gasteiger charge is -2.51. The van der Waals surface area contributed by atoms with Gasteiger partial charge in [0.25, 0.3) is 23.6 Å². The normalized spacial score (nSPS) is 18.4. The highest BCUT2D eigenvalue weighted by Crippen LogP contribution is 2.52. The molecule has 39 heteroatoms. The Hall–Kier alpha value is -10.9. The van der Waals surface area contributed by atoms with Gasteiger partial charge in [-0.2, -0.15) is 53.6 Å². The zero-order valence-corrected chi connectivity index (χ0v) is 78.9. The summed E-state index contributed by atoms with van der Waals surface area (Å²) in [5.41, 5.74) is 0.423. The maximum Gasteiger partial charge on any atom is 0.459 e. The number of aryl methyl sites for hydroxylation is 1. The van der Waals surface area contributed by atoms with E-state index in [2.05, 4.69) is 20.9 Å². The Bertz CT molecular complexity index is 5800. The number of sulfone groups is 1. The lowest BCUT2D eigenvalue weighted by atomic mass is 9.81. The van der Waals surface area contributed by atoms with E-state index >= 15 is 0 Å². The van der Waals surface area contributed by atoms with Crippen molar-refractivity contribution in [3.8, 4) is 29.2 Å². The number of rotatable bonds is 14. The lowest BCUT2D eigenvalue weighted by Crippen LogP contribution is -2.60. The van der Waals surface area contributed by atoms with E-state index in [0.717, 1.165) is 22.4 Å². The van der Waals surface area contributed by atoms with Gasteiger partial charge in [-0.05, 0) is 249 Å². The summed E-state index contributed by atoms with van der Waals surface area (Å²) in [4.78, 5) is 84.9. The van der Waals surface area contributed by atoms with Crippen molar-refractivity contribution in [2.24, 2.45) is 0 Å². The summed E-state index contributed by atoms with van der Waals surface area (Å²) in [5.74, 6) is -3.84. The highest BCUT2D eigenvalue weighted by atomic mass is 35.5. The number of amides is 5. The van der Waals surface area contributed by atoms with E-state index in [9.17, 15) is 85.9 Å². The first-order valence-corrected chi connectivity index (χ1v) is 46.9. The van der Waals surface area contributed by atoms with Crippen molar-refractivity contribution < 1.29 is 104 Å². The number of hydrogen-bond acceptors (Lipinski definition) is 17. The van der Waals surface area contributed by atoms with Crippen molar-refractivity contribution >= 4 is 51.2 Å². The number of hydrogen-bond donors (Lipinski definition) is 0. The zero-order valence-electron chi connectivity index (χ0n) is 77.3. The Morgan fingerprint density at radius 3 is 1.34 bits per heavy atom. The van der Waals surface area contributed by atoms with Crippen LogP contribution < -0.4 is 18.9 Å². The van der Waals surface area contributed by atoms with E-state index in [-0.39, 0.29) is 66.2 Å². The fraction of sp³-hybridized carbons (Fsp3) is 0.526. The first-order valence-electron chi connectivity index (χ1n) is 44.9. The summed E-state index contributed by atoms with van der Waals surface area (Å²) < 4.78 is 206. The standard InChI is InChI=1S/C26H32F5N3O3.C25H29ClN4O4.C23H28F3N3O3S.C21H25F3N4O2/c1-23(2,3)37-18-7-6-17(16-19(18)36-5)22(35)33-12-10-24(11-13-33)20-8-9-21(25(27,28)26(29,30)31)34(20)15-14-32(24)4;1-4-33-24(32)30-14-13-29-19(16-27)6-8-22(29)25(30)9-11-28(12-10-25)23(31)18-5-7-21(20(26)15-18)34-17(2)3;1-4-33(31,32)18-6-5-17(15-16(18)2)21(30)28-11-9-22(10-12-28)19-7-8-20(23(24,25)26)29(19)14-13-27(22)3;1-3-30-18-15(5-4-10-25-18)19(29)27-11-8-20(9-12-27)16-6-7-17(21(22,23)24)28(16)14-13-26(20)2/h6-9,16H,10-15H2,1-5H3;5-8,15,17H,4,9-14H2,1-3H3;5-8,15H,4,9-14H2,1-3H3;4-7,10H,3,8-9,11-14H2,1-2H3. The molecule has 4 fully saturated rings. The predicted molar refractivity (Wildman–Crippen MR) is 476 cm³/mol. The van der Waals surface area contributed by atoms with E-state index < -0.39 is 79.1 Å². The van der Waals surface area contributed by atoms with Crippen molar-refractivity contribution in [3.05, 3.63) is 200 Å². The van der Waals surface area contributed by atoms with Crippen LogP contribution in [0.15, 0.2) is 126 Å². The molecule has 0 bridgehead atoms. The molecule has 4 spiro atoms. The fourth-order valence-corrected chi connectivity index (χ4v) is 21.6. The average molecular weight is 1920 g/mol. The van der Waals surface area contributed by atoms with E-state index in [0.29, 0.717) is 228 Å². The average Bonchev–Trinajstić information content (AvgIpc) is 1.49. The number of methoxy groups -OCH3 is 1. The second kappa shape index (κ2) is 39.1. The van der Waals surface area contributed by atoms with Gasteiger partial charge in [0.15, 0.2) is 21.3 Å². The number of likely N-dealkylation sites (tertiary alicyclic amines) is 4. The molecule has 0 aliphatic carbocycles. The van der Waals surface area contributed by atoms with Gasteiger partial charge in [-0.1, -0.05) is 18.5 Å². The molecule has 3 aromatic carbocycles. The molecule has 5 aromatic heterocycles. The number of fused-ring (bicyclic) bond motifs is 8. The molecule has 0 N–H and O–H groups in total. The van der Waals surface area contributed by atoms with Gasteiger partial charge in [-0.3, -0.25) is 38.8 Å². The van der Waals surface area contributed by atoms with Gasteiger partial charge in [0.05, 0.1) is 69.9 Å². The van der Waals surface area contributed by atoms with Crippen LogP contribution in [0.2, 0.25) is 5.02 Å². The number of nitriles is 1. The molecule has 5 amide bonds. The Balaban J connectivity index is 0.000000152. The summed E-state index contributed by atoms with van der Waals surface area (Å²) in [6, 6.07) is 31.8. The Kier molecular flexibility index (Phi) is 29.3. The van der Waals surface area contributed by atoms with Crippen LogP contribution >= 0.6 is 11.6 Å². The summed E-state index contributed by atoms with van der Waals surface area (Å²) in [5, 5.41) is 9.91. The number of alkyl halides is 11. The number of carbonyl (C=O) groups is 5. The van der Waals surface area contributed by atoms with Gasteiger partial charge >= 0.3 is 30.5 Å². The second-order valence-electron chi connectivity index (χ2n) is 36.2. The van der Waals surface area contributed by atoms with Crippen molar-refractivity contribution in [1.29, 1.82) is 5.26 Å². The van der Waals surface area contributed by atoms with Crippen LogP contribution in [0.25, 0.3) is 0 Å². The van der Waals surface area contributed by atoms with Gasteiger partial charge < -0.3 is 61.6 Å². The smallest absolute Gasteiger partial charge is 0.459 e. The Morgan fingerprint density at radius 2 is 0.918 bits per heavy atom. The molecule has 16 rings (SSSR count). The molecule has 726 valence electrons. The number of nitrogens with zero attached hydrogens (tertiary/aromatic N) is 14. The van der Waals surface area contributed by atoms with Crippen molar-refractivity contribution in [2.75, 3.05) is 126 Å². The number of ether oxygens (including phenoxy) is 5. The SMILES string of the molecule is CCOC(=O)N1CCn2c(C#N)ccc2C12CCN(C(=O)c1ccc(OC(C)C)c(Cl)c1)CC2.CCOc1ncccc1C(=O)N1CCC2(CC1)c1ccc(C(F)(F)F)n1CCN2C.CCS(=O)(=O)c1ccc(C(=O)N2CCC3(CC2)c2ccc(C(F)(F)F)n2CCN3C)cc1C.COc1cc(C(=O)N2CCC3(CC2)c2ccc(C(F)(F)C(F)(F)F)n2CCN3C)ccc1OC(C)(C)C. The number of piperidine rings is 4. The minimum Gasteiger partial charge on any atom is -0.493 e. The highest BCUT2D eigenvalue weighted by molar-refractivity contribution is 7.91. The van der Waals surface area contributed by atoms with Gasteiger partial charge in [0, 0.05) is 150 Å². The molecule has 4 saturated heterocycles. The second-order valence-corrected chi connectivity index (χ2v) is 38.8. The van der Waals surface area contributed by atoms with E-state index in [1.54, 1.807) is 124 Å². The minimum atomic E-state index is -5.68.